The third-order valence-electron chi connectivity index (χ3n) is 2.63. The molecule has 5 nitrogen and oxygen atoms in total. The summed E-state index contributed by atoms with van der Waals surface area (Å²) in [7, 11) is 0. The molecule has 16 heavy (non-hydrogen) atoms. The van der Waals surface area contributed by atoms with Crippen molar-refractivity contribution < 1.29 is 4.74 Å². The molecule has 0 aliphatic rings. The Bertz CT molecular complexity index is 323. The van der Waals surface area contributed by atoms with Crippen LogP contribution in [0.3, 0.4) is 0 Å². The minimum absolute atomic E-state index is 0.0554. The van der Waals surface area contributed by atoms with E-state index in [0.717, 1.165) is 11.1 Å². The van der Waals surface area contributed by atoms with Gasteiger partial charge in [0.1, 0.15) is 5.82 Å². The van der Waals surface area contributed by atoms with Crippen molar-refractivity contribution in [3.63, 3.8) is 0 Å². The van der Waals surface area contributed by atoms with Crippen molar-refractivity contribution >= 4 is 5.82 Å². The first-order valence-electron chi connectivity index (χ1n) is 5.40. The molecule has 0 fully saturated rings. The average Bonchev–Trinajstić information content (AvgIpc) is 2.24. The third kappa shape index (κ3) is 2.69. The lowest BCUT2D eigenvalue weighted by Gasteiger charge is -2.25. The van der Waals surface area contributed by atoms with Crippen molar-refractivity contribution in [3.05, 3.63) is 23.4 Å². The number of hydrogen-bond acceptors (Lipinski definition) is 5. The molecule has 0 spiro atoms. The summed E-state index contributed by atoms with van der Waals surface area (Å²) in [6.45, 7) is 6.53. The smallest absolute Gasteiger partial charge is 0.128 e. The number of anilines is 1. The lowest BCUT2D eigenvalue weighted by atomic mass is 9.99. The first-order chi connectivity index (χ1) is 7.61. The number of pyridine rings is 1. The van der Waals surface area contributed by atoms with Gasteiger partial charge in [-0.2, -0.15) is 0 Å². The highest BCUT2D eigenvalue weighted by Crippen LogP contribution is 2.25. The number of nitrogens with zero attached hydrogens (tertiary/aromatic N) is 1. The van der Waals surface area contributed by atoms with Gasteiger partial charge in [-0.15, -0.1) is 0 Å². The van der Waals surface area contributed by atoms with E-state index in [2.05, 4.69) is 10.4 Å². The SMILES string of the molecule is CCOC(C)C(NN)c1c(C)ccnc1N. The molecule has 0 aliphatic heterocycles. The minimum atomic E-state index is -0.145. The van der Waals surface area contributed by atoms with Gasteiger partial charge in [-0.1, -0.05) is 0 Å². The van der Waals surface area contributed by atoms with Crippen LogP contribution in [0.25, 0.3) is 0 Å². The van der Waals surface area contributed by atoms with E-state index in [-0.39, 0.29) is 12.1 Å². The van der Waals surface area contributed by atoms with Gasteiger partial charge in [-0.3, -0.25) is 11.3 Å². The standard InChI is InChI=1S/C11H20N4O/c1-4-16-8(3)10(15-13)9-7(2)5-6-14-11(9)12/h5-6,8,10,15H,4,13H2,1-3H3,(H2,12,14). The van der Waals surface area contributed by atoms with Gasteiger partial charge in [0.05, 0.1) is 12.1 Å². The van der Waals surface area contributed by atoms with E-state index >= 15 is 0 Å². The number of aromatic nitrogens is 1. The molecular formula is C11H20N4O. The zero-order valence-corrected chi connectivity index (χ0v) is 10.0. The van der Waals surface area contributed by atoms with E-state index in [4.69, 9.17) is 16.3 Å². The highest BCUT2D eigenvalue weighted by atomic mass is 16.5. The summed E-state index contributed by atoms with van der Waals surface area (Å²) < 4.78 is 5.53. The van der Waals surface area contributed by atoms with Crippen molar-refractivity contribution in [3.8, 4) is 0 Å². The molecule has 5 N–H and O–H groups in total. The number of rotatable bonds is 5. The zero-order chi connectivity index (χ0) is 12.1. The summed E-state index contributed by atoms with van der Waals surface area (Å²) in [5.41, 5.74) is 10.6. The number of hydrazine groups is 1. The van der Waals surface area contributed by atoms with E-state index in [1.54, 1.807) is 6.20 Å². The maximum absolute atomic E-state index is 5.87. The molecule has 2 unspecified atom stereocenters. The predicted octanol–water partition coefficient (Wildman–Crippen LogP) is 0.902. The second kappa shape index (κ2) is 5.79. The molecule has 1 rings (SSSR count). The summed E-state index contributed by atoms with van der Waals surface area (Å²) in [6, 6.07) is 1.77. The number of nitrogens with two attached hydrogens (primary N) is 2. The molecule has 1 aromatic rings. The molecule has 0 bridgehead atoms. The normalized spacial score (nSPS) is 14.8. The van der Waals surface area contributed by atoms with Gasteiger partial charge in [0, 0.05) is 18.4 Å². The van der Waals surface area contributed by atoms with Gasteiger partial charge in [-0.05, 0) is 32.4 Å². The fourth-order valence-electron chi connectivity index (χ4n) is 1.81. The Morgan fingerprint density at radius 1 is 1.56 bits per heavy atom. The van der Waals surface area contributed by atoms with Crippen LogP contribution >= 0.6 is 0 Å². The van der Waals surface area contributed by atoms with E-state index in [9.17, 15) is 0 Å². The largest absolute Gasteiger partial charge is 0.383 e. The maximum atomic E-state index is 5.87. The third-order valence-corrected chi connectivity index (χ3v) is 2.63. The fourth-order valence-corrected chi connectivity index (χ4v) is 1.81. The van der Waals surface area contributed by atoms with Crippen LogP contribution in [0, 0.1) is 6.92 Å². The lowest BCUT2D eigenvalue weighted by molar-refractivity contribution is 0.0472. The Kier molecular flexibility index (Phi) is 4.67. The molecule has 0 aromatic carbocycles. The van der Waals surface area contributed by atoms with Crippen LogP contribution in [0.1, 0.15) is 31.0 Å². The fraction of sp³-hybridized carbons (Fsp3) is 0.545. The first-order valence-corrected chi connectivity index (χ1v) is 5.40. The van der Waals surface area contributed by atoms with Crippen LogP contribution in [-0.4, -0.2) is 17.7 Å². The highest BCUT2D eigenvalue weighted by Gasteiger charge is 2.22. The zero-order valence-electron chi connectivity index (χ0n) is 10.0. The Hall–Kier alpha value is -1.17. The van der Waals surface area contributed by atoms with Gasteiger partial charge in [0.2, 0.25) is 0 Å². The number of nitrogens with one attached hydrogen (secondary N) is 1. The van der Waals surface area contributed by atoms with E-state index in [1.165, 1.54) is 0 Å². The van der Waals surface area contributed by atoms with E-state index in [0.29, 0.717) is 12.4 Å². The number of aryl methyl sites for hydroxylation is 1. The van der Waals surface area contributed by atoms with Crippen molar-refractivity contribution in [1.82, 2.24) is 10.4 Å². The molecule has 1 heterocycles. The topological polar surface area (TPSA) is 86.2 Å². The van der Waals surface area contributed by atoms with Crippen LogP contribution in [-0.2, 0) is 4.74 Å². The molecule has 0 amide bonds. The number of nitrogen functional groups attached to an aromatic ring is 1. The van der Waals surface area contributed by atoms with Gasteiger partial charge in [0.25, 0.3) is 0 Å². The van der Waals surface area contributed by atoms with Crippen molar-refractivity contribution in [2.24, 2.45) is 5.84 Å². The summed E-state index contributed by atoms with van der Waals surface area (Å²) in [5, 5.41) is 0. The predicted molar refractivity (Wildman–Crippen MR) is 64.5 cm³/mol. The second-order valence-corrected chi connectivity index (χ2v) is 3.73. The number of hydrogen-bond donors (Lipinski definition) is 3. The van der Waals surface area contributed by atoms with Crippen LogP contribution in [0.2, 0.25) is 0 Å². The van der Waals surface area contributed by atoms with Gasteiger partial charge >= 0.3 is 0 Å². The maximum Gasteiger partial charge on any atom is 0.128 e. The molecule has 0 saturated heterocycles. The molecule has 1 aromatic heterocycles. The van der Waals surface area contributed by atoms with E-state index in [1.807, 2.05) is 26.8 Å². The summed E-state index contributed by atoms with van der Waals surface area (Å²) in [6.07, 6.45) is 1.63. The van der Waals surface area contributed by atoms with Gasteiger partial charge in [-0.25, -0.2) is 4.98 Å². The molecule has 2 atom stereocenters. The van der Waals surface area contributed by atoms with Crippen LogP contribution in [0.5, 0.6) is 0 Å². The summed E-state index contributed by atoms with van der Waals surface area (Å²) >= 11 is 0. The Morgan fingerprint density at radius 3 is 2.75 bits per heavy atom. The number of ether oxygens (including phenoxy) is 1. The first kappa shape index (κ1) is 12.9. The Balaban J connectivity index is 3.03. The molecule has 0 saturated carbocycles. The van der Waals surface area contributed by atoms with Gasteiger partial charge < -0.3 is 10.5 Å². The molecule has 0 aliphatic carbocycles. The van der Waals surface area contributed by atoms with Crippen LogP contribution < -0.4 is 17.0 Å². The molecule has 0 radical (unpaired) electrons. The molecule has 90 valence electrons. The van der Waals surface area contributed by atoms with Crippen molar-refractivity contribution in [2.75, 3.05) is 12.3 Å². The van der Waals surface area contributed by atoms with E-state index < -0.39 is 0 Å². The Labute approximate surface area is 96.2 Å². The Morgan fingerprint density at radius 2 is 2.25 bits per heavy atom. The molecule has 5 heteroatoms. The van der Waals surface area contributed by atoms with Crippen molar-refractivity contribution in [1.29, 1.82) is 0 Å². The minimum Gasteiger partial charge on any atom is -0.383 e. The summed E-state index contributed by atoms with van der Waals surface area (Å²) in [4.78, 5) is 4.08. The quantitative estimate of drug-likeness (QED) is 0.511. The second-order valence-electron chi connectivity index (χ2n) is 3.73. The average molecular weight is 224 g/mol. The van der Waals surface area contributed by atoms with Gasteiger partial charge in [0.15, 0.2) is 0 Å². The van der Waals surface area contributed by atoms with Crippen LogP contribution in [0.4, 0.5) is 5.82 Å². The monoisotopic (exact) mass is 224 g/mol. The molecular weight excluding hydrogens is 204 g/mol. The highest BCUT2D eigenvalue weighted by molar-refractivity contribution is 5.46. The summed E-state index contributed by atoms with van der Waals surface area (Å²) in [5.74, 6) is 6.06. The van der Waals surface area contributed by atoms with Crippen molar-refractivity contribution in [2.45, 2.75) is 32.9 Å². The van der Waals surface area contributed by atoms with Crippen LogP contribution in [0.15, 0.2) is 12.3 Å². The lowest BCUT2D eigenvalue weighted by Crippen LogP contribution is -2.37.